The molecule has 1 aromatic heterocycles. The summed E-state index contributed by atoms with van der Waals surface area (Å²) < 4.78 is 0.297. The number of Topliss-reactive ketones (excluding diaryl/α,β-unsaturated/α-hetero) is 3. The highest BCUT2D eigenvalue weighted by atomic mass is 35.5. The maximum Gasteiger partial charge on any atom is 0.280 e. The molecule has 3 rings (SSSR count). The number of nitro groups is 1. The molecule has 116 valence electrons. The van der Waals surface area contributed by atoms with Gasteiger partial charge in [0.1, 0.15) is 15.8 Å². The molecule has 2 aromatic rings. The van der Waals surface area contributed by atoms with Crippen LogP contribution < -0.4 is 0 Å². The number of hydrogen-bond acceptors (Lipinski definition) is 6. The number of fused-ring (bicyclic) bond motifs is 1. The summed E-state index contributed by atoms with van der Waals surface area (Å²) in [5.74, 6) is -4.12. The number of ketones is 3. The van der Waals surface area contributed by atoms with E-state index in [1.54, 1.807) is 0 Å². The van der Waals surface area contributed by atoms with E-state index in [9.17, 15) is 24.5 Å². The Kier molecular flexibility index (Phi) is 3.79. The predicted molar refractivity (Wildman–Crippen MR) is 83.9 cm³/mol. The van der Waals surface area contributed by atoms with Crippen LogP contribution in [0.4, 0.5) is 5.69 Å². The molecule has 1 heterocycles. The van der Waals surface area contributed by atoms with Gasteiger partial charge in [-0.3, -0.25) is 24.5 Å². The zero-order chi connectivity index (χ0) is 16.9. The first-order chi connectivity index (χ1) is 10.8. The lowest BCUT2D eigenvalue weighted by atomic mass is 9.95. The average Bonchev–Trinajstić information content (AvgIpc) is 2.96. The minimum Gasteiger partial charge on any atom is -0.293 e. The monoisotopic (exact) mass is 369 g/mol. The van der Waals surface area contributed by atoms with Crippen LogP contribution in [0.5, 0.6) is 0 Å². The van der Waals surface area contributed by atoms with Crippen molar-refractivity contribution >= 4 is 57.6 Å². The number of rotatable bonds is 3. The zero-order valence-corrected chi connectivity index (χ0v) is 13.4. The molecule has 1 aliphatic rings. The van der Waals surface area contributed by atoms with E-state index in [1.165, 1.54) is 18.2 Å². The molecule has 0 aliphatic heterocycles. The molecule has 0 bridgehead atoms. The molecule has 0 saturated heterocycles. The molecule has 23 heavy (non-hydrogen) atoms. The van der Waals surface area contributed by atoms with Gasteiger partial charge in [-0.15, -0.1) is 11.3 Å². The Morgan fingerprint density at radius 1 is 1.22 bits per heavy atom. The van der Waals surface area contributed by atoms with Gasteiger partial charge in [-0.05, 0) is 6.07 Å². The average molecular weight is 370 g/mol. The van der Waals surface area contributed by atoms with E-state index in [1.807, 2.05) is 0 Å². The van der Waals surface area contributed by atoms with E-state index >= 15 is 0 Å². The number of carbonyl (C=O) groups is 3. The Bertz CT molecular complexity index is 905. The number of halogens is 2. The topological polar surface area (TPSA) is 94.3 Å². The normalized spacial score (nSPS) is 16.5. The third-order valence-corrected chi connectivity index (χ3v) is 4.95. The van der Waals surface area contributed by atoms with E-state index in [2.05, 4.69) is 0 Å². The summed E-state index contributed by atoms with van der Waals surface area (Å²) >= 11 is 12.6. The second kappa shape index (κ2) is 5.52. The first kappa shape index (κ1) is 15.8. The van der Waals surface area contributed by atoms with Gasteiger partial charge >= 0.3 is 0 Å². The lowest BCUT2D eigenvalue weighted by molar-refractivity contribution is -0.385. The largest absolute Gasteiger partial charge is 0.293 e. The highest BCUT2D eigenvalue weighted by Crippen LogP contribution is 2.38. The van der Waals surface area contributed by atoms with E-state index in [4.69, 9.17) is 23.2 Å². The molecule has 0 spiro atoms. The van der Waals surface area contributed by atoms with Crippen LogP contribution in [0.2, 0.25) is 8.67 Å². The molecule has 0 N–H and O–H groups in total. The van der Waals surface area contributed by atoms with Gasteiger partial charge in [-0.1, -0.05) is 35.3 Å². The van der Waals surface area contributed by atoms with Gasteiger partial charge in [0.15, 0.2) is 17.3 Å². The molecule has 0 fully saturated rings. The Morgan fingerprint density at radius 3 is 2.48 bits per heavy atom. The molecule has 1 atom stereocenters. The molecule has 0 saturated carbocycles. The fourth-order valence-corrected chi connectivity index (χ4v) is 3.95. The first-order valence-corrected chi connectivity index (χ1v) is 7.75. The van der Waals surface area contributed by atoms with Crippen molar-refractivity contribution in [3.8, 4) is 0 Å². The Balaban J connectivity index is 2.11. The summed E-state index contributed by atoms with van der Waals surface area (Å²) in [6.45, 7) is 0. The van der Waals surface area contributed by atoms with Crippen LogP contribution in [0.1, 0.15) is 31.1 Å². The molecule has 0 radical (unpaired) electrons. The van der Waals surface area contributed by atoms with E-state index in [0.717, 1.165) is 17.4 Å². The van der Waals surface area contributed by atoms with Crippen LogP contribution in [0.15, 0.2) is 24.3 Å². The lowest BCUT2D eigenvalue weighted by Gasteiger charge is -2.04. The maximum absolute atomic E-state index is 12.5. The summed E-state index contributed by atoms with van der Waals surface area (Å²) in [7, 11) is 0. The minimum atomic E-state index is -1.66. The van der Waals surface area contributed by atoms with Gasteiger partial charge in [0.05, 0.1) is 9.26 Å². The summed E-state index contributed by atoms with van der Waals surface area (Å²) in [4.78, 5) is 47.6. The smallest absolute Gasteiger partial charge is 0.280 e. The third kappa shape index (κ3) is 2.37. The van der Waals surface area contributed by atoms with Gasteiger partial charge in [0, 0.05) is 17.2 Å². The Hall–Kier alpha value is -2.09. The van der Waals surface area contributed by atoms with Gasteiger partial charge in [0.25, 0.3) is 5.69 Å². The van der Waals surface area contributed by atoms with E-state index in [-0.39, 0.29) is 25.4 Å². The third-order valence-electron chi connectivity index (χ3n) is 3.46. The Morgan fingerprint density at radius 2 is 1.91 bits per heavy atom. The molecule has 0 amide bonds. The van der Waals surface area contributed by atoms with Crippen LogP contribution in [0.3, 0.4) is 0 Å². The molecule has 1 aliphatic carbocycles. The number of nitrogens with zero attached hydrogens (tertiary/aromatic N) is 1. The van der Waals surface area contributed by atoms with Gasteiger partial charge < -0.3 is 0 Å². The van der Waals surface area contributed by atoms with Crippen LogP contribution >= 0.6 is 34.5 Å². The summed E-state index contributed by atoms with van der Waals surface area (Å²) in [5, 5.41) is 11.0. The first-order valence-electron chi connectivity index (χ1n) is 6.17. The van der Waals surface area contributed by atoms with E-state index in [0.29, 0.717) is 0 Å². The fraction of sp³-hybridized carbons (Fsp3) is 0.0714. The van der Waals surface area contributed by atoms with Crippen molar-refractivity contribution in [1.82, 2.24) is 0 Å². The molecule has 1 aromatic carbocycles. The maximum atomic E-state index is 12.5. The Labute approximate surface area is 142 Å². The quantitative estimate of drug-likeness (QED) is 0.354. The van der Waals surface area contributed by atoms with Gasteiger partial charge in [-0.2, -0.15) is 0 Å². The van der Waals surface area contributed by atoms with Crippen molar-refractivity contribution in [1.29, 1.82) is 0 Å². The molecular formula is C14H5Cl2NO5S. The van der Waals surface area contributed by atoms with Crippen LogP contribution in [-0.2, 0) is 0 Å². The second-order valence-electron chi connectivity index (χ2n) is 4.72. The van der Waals surface area contributed by atoms with Crippen molar-refractivity contribution in [3.63, 3.8) is 0 Å². The molecule has 1 unspecified atom stereocenters. The van der Waals surface area contributed by atoms with Crippen molar-refractivity contribution in [2.24, 2.45) is 5.92 Å². The molecular weight excluding hydrogens is 365 g/mol. The number of hydrogen-bond donors (Lipinski definition) is 0. The summed E-state index contributed by atoms with van der Waals surface area (Å²) in [6.07, 6.45) is 0. The fourth-order valence-electron chi connectivity index (χ4n) is 2.48. The van der Waals surface area contributed by atoms with Crippen LogP contribution in [-0.4, -0.2) is 22.3 Å². The van der Waals surface area contributed by atoms with Crippen molar-refractivity contribution < 1.29 is 19.3 Å². The molecule has 6 nitrogen and oxygen atoms in total. The van der Waals surface area contributed by atoms with Crippen molar-refractivity contribution in [2.75, 3.05) is 0 Å². The van der Waals surface area contributed by atoms with Crippen molar-refractivity contribution in [2.45, 2.75) is 0 Å². The second-order valence-corrected chi connectivity index (χ2v) is 7.01. The van der Waals surface area contributed by atoms with Crippen molar-refractivity contribution in [3.05, 3.63) is 59.7 Å². The lowest BCUT2D eigenvalue weighted by Crippen LogP contribution is -2.25. The van der Waals surface area contributed by atoms with Gasteiger partial charge in [-0.25, -0.2) is 0 Å². The van der Waals surface area contributed by atoms with Crippen LogP contribution in [0.25, 0.3) is 0 Å². The highest BCUT2D eigenvalue weighted by molar-refractivity contribution is 7.20. The predicted octanol–water partition coefficient (Wildman–Crippen LogP) is 3.84. The minimum absolute atomic E-state index is 0.0381. The number of carbonyl (C=O) groups excluding carboxylic acids is 3. The highest BCUT2D eigenvalue weighted by Gasteiger charge is 2.47. The van der Waals surface area contributed by atoms with Gasteiger partial charge in [0.2, 0.25) is 0 Å². The summed E-state index contributed by atoms with van der Waals surface area (Å²) in [6, 6.07) is 4.97. The SMILES string of the molecule is O=C(c1cc(Cl)sc1Cl)C1C(=O)c2cccc([N+](=O)[O-])c2C1=O. The van der Waals surface area contributed by atoms with Crippen LogP contribution in [0, 0.1) is 16.0 Å². The number of benzene rings is 1. The van der Waals surface area contributed by atoms with E-state index < -0.39 is 33.9 Å². The zero-order valence-electron chi connectivity index (χ0n) is 11.0. The molecule has 9 heteroatoms. The standard InChI is InChI=1S/C14H5Cl2NO5S/c15-8-4-6(14(16)23-8)12(19)10-11(18)5-2-1-3-7(17(21)22)9(5)13(10)20/h1-4,10H. The summed E-state index contributed by atoms with van der Waals surface area (Å²) in [5.41, 5.74) is -0.993. The number of nitro benzene ring substituents is 1. The number of thiophene rings is 1.